The van der Waals surface area contributed by atoms with E-state index in [-0.39, 0.29) is 11.7 Å². The summed E-state index contributed by atoms with van der Waals surface area (Å²) in [5.74, 6) is -1.55. The van der Waals surface area contributed by atoms with Crippen LogP contribution in [0.1, 0.15) is 13.8 Å². The van der Waals surface area contributed by atoms with Gasteiger partial charge in [0.2, 0.25) is 0 Å². The minimum atomic E-state index is -1.41. The normalized spacial score (nSPS) is 13.7. The first-order valence-corrected chi connectivity index (χ1v) is 6.49. The number of benzene rings is 1. The Kier molecular flexibility index (Phi) is 5.88. The third kappa shape index (κ3) is 4.16. The van der Waals surface area contributed by atoms with E-state index in [9.17, 15) is 14.7 Å². The third-order valence-electron chi connectivity index (χ3n) is 2.34. The second-order valence-electron chi connectivity index (χ2n) is 3.72. The summed E-state index contributed by atoms with van der Waals surface area (Å²) in [6.45, 7) is 3.35. The van der Waals surface area contributed by atoms with Gasteiger partial charge in [0.25, 0.3) is 0 Å². The van der Waals surface area contributed by atoms with Gasteiger partial charge in [-0.25, -0.2) is 4.79 Å². The van der Waals surface area contributed by atoms with Crippen LogP contribution in [0.4, 0.5) is 0 Å². The smallest absolute Gasteiger partial charge is 0.335 e. The summed E-state index contributed by atoms with van der Waals surface area (Å²) in [7, 11) is 0. The number of carbonyl (C=O) groups is 2. The molecule has 1 aromatic carbocycles. The zero-order valence-corrected chi connectivity index (χ0v) is 11.1. The van der Waals surface area contributed by atoms with Crippen molar-refractivity contribution in [3.63, 3.8) is 0 Å². The lowest BCUT2D eigenvalue weighted by atomic mass is 10.1. The van der Waals surface area contributed by atoms with Gasteiger partial charge in [0, 0.05) is 4.90 Å². The molecule has 98 valence electrons. The summed E-state index contributed by atoms with van der Waals surface area (Å²) in [6.07, 6.45) is -1.41. The van der Waals surface area contributed by atoms with Gasteiger partial charge in [-0.1, -0.05) is 36.9 Å². The molecule has 0 unspecified atom stereocenters. The second kappa shape index (κ2) is 7.18. The quantitative estimate of drug-likeness (QED) is 0.652. The zero-order chi connectivity index (χ0) is 13.5. The van der Waals surface area contributed by atoms with Crippen molar-refractivity contribution in [1.29, 1.82) is 0 Å². The predicted molar refractivity (Wildman–Crippen MR) is 69.1 cm³/mol. The highest BCUT2D eigenvalue weighted by Crippen LogP contribution is 2.23. The van der Waals surface area contributed by atoms with E-state index in [0.29, 0.717) is 0 Å². The van der Waals surface area contributed by atoms with Crippen molar-refractivity contribution in [1.82, 2.24) is 0 Å². The highest BCUT2D eigenvalue weighted by atomic mass is 32.2. The molecular formula is C13H16O4S. The number of aliphatic hydroxyl groups is 1. The Balaban J connectivity index is 2.58. The number of thioether (sulfide) groups is 1. The molecule has 0 radical (unpaired) electrons. The second-order valence-corrected chi connectivity index (χ2v) is 4.80. The Labute approximate surface area is 110 Å². The molecule has 0 saturated carbocycles. The van der Waals surface area contributed by atoms with E-state index in [4.69, 9.17) is 0 Å². The molecule has 1 rings (SSSR count). The lowest BCUT2D eigenvalue weighted by Crippen LogP contribution is -2.33. The molecule has 2 atom stereocenters. The van der Waals surface area contributed by atoms with E-state index < -0.39 is 18.0 Å². The number of rotatable bonds is 5. The van der Waals surface area contributed by atoms with Crippen LogP contribution in [0.15, 0.2) is 35.2 Å². The van der Waals surface area contributed by atoms with Crippen molar-refractivity contribution in [2.75, 3.05) is 6.61 Å². The van der Waals surface area contributed by atoms with E-state index in [2.05, 4.69) is 4.74 Å². The van der Waals surface area contributed by atoms with E-state index in [0.717, 1.165) is 16.7 Å². The van der Waals surface area contributed by atoms with Gasteiger partial charge in [0.05, 0.1) is 12.5 Å². The van der Waals surface area contributed by atoms with E-state index in [1.54, 1.807) is 19.1 Å². The topological polar surface area (TPSA) is 63.6 Å². The van der Waals surface area contributed by atoms with Crippen molar-refractivity contribution < 1.29 is 19.4 Å². The van der Waals surface area contributed by atoms with Crippen molar-refractivity contribution in [2.24, 2.45) is 5.92 Å². The molecular weight excluding hydrogens is 252 g/mol. The average Bonchev–Trinajstić information content (AvgIpc) is 2.38. The van der Waals surface area contributed by atoms with Gasteiger partial charge >= 0.3 is 5.97 Å². The third-order valence-corrected chi connectivity index (χ3v) is 3.42. The zero-order valence-electron chi connectivity index (χ0n) is 10.3. The van der Waals surface area contributed by atoms with Crippen LogP contribution in [0.3, 0.4) is 0 Å². The number of carbonyl (C=O) groups excluding carboxylic acids is 2. The minimum Gasteiger partial charge on any atom is -0.464 e. The highest BCUT2D eigenvalue weighted by Gasteiger charge is 2.29. The number of hydrogen-bond acceptors (Lipinski definition) is 5. The molecule has 18 heavy (non-hydrogen) atoms. The van der Waals surface area contributed by atoms with Crippen LogP contribution in [0.25, 0.3) is 0 Å². The summed E-state index contributed by atoms with van der Waals surface area (Å²) in [5.41, 5.74) is 0. The molecule has 0 heterocycles. The van der Waals surface area contributed by atoms with Gasteiger partial charge in [-0.05, 0) is 19.1 Å². The molecule has 0 bridgehead atoms. The molecule has 0 spiro atoms. The fourth-order valence-corrected chi connectivity index (χ4v) is 2.10. The van der Waals surface area contributed by atoms with E-state index in [1.165, 1.54) is 6.92 Å². The first-order valence-electron chi connectivity index (χ1n) is 5.67. The maximum absolute atomic E-state index is 11.9. The first kappa shape index (κ1) is 14.7. The van der Waals surface area contributed by atoms with E-state index in [1.807, 2.05) is 18.2 Å². The van der Waals surface area contributed by atoms with Crippen LogP contribution >= 0.6 is 11.8 Å². The summed E-state index contributed by atoms with van der Waals surface area (Å²) in [6, 6.07) is 9.09. The van der Waals surface area contributed by atoms with Crippen LogP contribution in [0, 0.1) is 5.92 Å². The number of hydrogen-bond donors (Lipinski definition) is 1. The van der Waals surface area contributed by atoms with Gasteiger partial charge in [-0.2, -0.15) is 0 Å². The van der Waals surface area contributed by atoms with Crippen LogP contribution in [0.2, 0.25) is 0 Å². The van der Waals surface area contributed by atoms with Gasteiger partial charge in [0.1, 0.15) is 0 Å². The highest BCUT2D eigenvalue weighted by molar-refractivity contribution is 8.13. The fourth-order valence-electron chi connectivity index (χ4n) is 1.26. The molecule has 0 aliphatic carbocycles. The molecule has 0 fully saturated rings. The van der Waals surface area contributed by atoms with Crippen molar-refractivity contribution >= 4 is 22.8 Å². The van der Waals surface area contributed by atoms with Gasteiger partial charge in [0.15, 0.2) is 11.2 Å². The SMILES string of the molecule is CCOC(=O)[C@H](O)[C@H](C)C(=O)Sc1ccccc1. The lowest BCUT2D eigenvalue weighted by Gasteiger charge is -2.15. The average molecular weight is 268 g/mol. The molecule has 0 aliphatic rings. The fraction of sp³-hybridized carbons (Fsp3) is 0.385. The lowest BCUT2D eigenvalue weighted by molar-refractivity contribution is -0.157. The number of ether oxygens (including phenoxy) is 1. The Bertz CT molecular complexity index is 405. The predicted octanol–water partition coefficient (Wildman–Crippen LogP) is 1.87. The van der Waals surface area contributed by atoms with E-state index >= 15 is 0 Å². The van der Waals surface area contributed by atoms with Gasteiger partial charge < -0.3 is 9.84 Å². The molecule has 0 aliphatic heterocycles. The molecule has 1 N–H and O–H groups in total. The van der Waals surface area contributed by atoms with Gasteiger partial charge in [-0.15, -0.1) is 0 Å². The number of esters is 1. The molecule has 0 saturated heterocycles. The molecule has 0 amide bonds. The van der Waals surface area contributed by atoms with Crippen molar-refractivity contribution in [2.45, 2.75) is 24.8 Å². The van der Waals surface area contributed by atoms with Crippen LogP contribution < -0.4 is 0 Å². The maximum Gasteiger partial charge on any atom is 0.335 e. The Morgan fingerprint density at radius 3 is 2.50 bits per heavy atom. The Morgan fingerprint density at radius 2 is 1.94 bits per heavy atom. The summed E-state index contributed by atoms with van der Waals surface area (Å²) in [5, 5.41) is 9.39. The largest absolute Gasteiger partial charge is 0.464 e. The molecule has 1 aromatic rings. The van der Waals surface area contributed by atoms with Crippen LogP contribution in [0.5, 0.6) is 0 Å². The van der Waals surface area contributed by atoms with Crippen LogP contribution in [-0.4, -0.2) is 28.9 Å². The maximum atomic E-state index is 11.9. The Hall–Kier alpha value is -1.33. The number of aliphatic hydroxyl groups excluding tert-OH is 1. The Morgan fingerprint density at radius 1 is 1.33 bits per heavy atom. The molecule has 0 aromatic heterocycles. The monoisotopic (exact) mass is 268 g/mol. The summed E-state index contributed by atoms with van der Waals surface area (Å²) >= 11 is 1.01. The minimum absolute atomic E-state index is 0.183. The van der Waals surface area contributed by atoms with Crippen molar-refractivity contribution in [3.8, 4) is 0 Å². The summed E-state index contributed by atoms with van der Waals surface area (Å²) in [4.78, 5) is 23.9. The molecule has 4 nitrogen and oxygen atoms in total. The standard InChI is InChI=1S/C13H16O4S/c1-3-17-12(15)11(14)9(2)13(16)18-10-7-5-4-6-8-10/h4-9,11,14H,3H2,1-2H3/t9-,11+/m0/s1. The van der Waals surface area contributed by atoms with Crippen LogP contribution in [-0.2, 0) is 14.3 Å². The first-order chi connectivity index (χ1) is 8.56. The molecule has 5 heteroatoms. The van der Waals surface area contributed by atoms with Crippen molar-refractivity contribution in [3.05, 3.63) is 30.3 Å². The summed E-state index contributed by atoms with van der Waals surface area (Å²) < 4.78 is 4.67. The van der Waals surface area contributed by atoms with Gasteiger partial charge in [-0.3, -0.25) is 4.79 Å².